The van der Waals surface area contributed by atoms with E-state index < -0.39 is 21.5 Å². The molecule has 0 radical (unpaired) electrons. The van der Waals surface area contributed by atoms with Crippen molar-refractivity contribution < 1.29 is 27.1 Å². The second kappa shape index (κ2) is 7.95. The standard InChI is InChI=1S/C23H27NO7S/c1-13-15(5-6-19(25)24-14-8-10-32(27,28)12-14)22(26)30-21-16-7-9-23(2,3)31-17(16)11-18(29-4)20(13)21/h8,10-11,14H,5-7,9,12H2,1-4H3,(H,24,25). The molecule has 0 spiro atoms. The molecule has 2 aliphatic rings. The van der Waals surface area contributed by atoms with Gasteiger partial charge in [0, 0.05) is 29.0 Å². The van der Waals surface area contributed by atoms with Crippen molar-refractivity contribution in [3.63, 3.8) is 0 Å². The lowest BCUT2D eigenvalue weighted by Gasteiger charge is -2.33. The highest BCUT2D eigenvalue weighted by Gasteiger charge is 2.31. The van der Waals surface area contributed by atoms with Crippen molar-refractivity contribution >= 4 is 26.7 Å². The predicted molar refractivity (Wildman–Crippen MR) is 120 cm³/mol. The quantitative estimate of drug-likeness (QED) is 0.681. The van der Waals surface area contributed by atoms with Crippen LogP contribution in [-0.4, -0.2) is 38.8 Å². The Hall–Kier alpha value is -2.81. The van der Waals surface area contributed by atoms with Gasteiger partial charge in [-0.25, -0.2) is 13.2 Å². The summed E-state index contributed by atoms with van der Waals surface area (Å²) in [5.41, 5.74) is 1.61. The van der Waals surface area contributed by atoms with Gasteiger partial charge in [0.1, 0.15) is 22.7 Å². The lowest BCUT2D eigenvalue weighted by atomic mass is 9.91. The fourth-order valence-electron chi connectivity index (χ4n) is 4.32. The van der Waals surface area contributed by atoms with Gasteiger partial charge in [-0.1, -0.05) is 0 Å². The summed E-state index contributed by atoms with van der Waals surface area (Å²) in [4.78, 5) is 25.2. The minimum Gasteiger partial charge on any atom is -0.496 e. The molecule has 4 rings (SSSR count). The first kappa shape index (κ1) is 22.4. The largest absolute Gasteiger partial charge is 0.496 e. The van der Waals surface area contributed by atoms with Crippen LogP contribution in [0.1, 0.15) is 43.4 Å². The number of aryl methyl sites for hydroxylation is 2. The van der Waals surface area contributed by atoms with E-state index in [0.717, 1.165) is 17.4 Å². The van der Waals surface area contributed by atoms with Gasteiger partial charge in [0.05, 0.1) is 24.3 Å². The first-order chi connectivity index (χ1) is 15.0. The van der Waals surface area contributed by atoms with Crippen molar-refractivity contribution in [2.24, 2.45) is 0 Å². The summed E-state index contributed by atoms with van der Waals surface area (Å²) in [6.07, 6.45) is 3.16. The first-order valence-electron chi connectivity index (χ1n) is 10.5. The van der Waals surface area contributed by atoms with Gasteiger partial charge in [-0.3, -0.25) is 4.79 Å². The van der Waals surface area contributed by atoms with E-state index in [1.54, 1.807) is 7.11 Å². The monoisotopic (exact) mass is 461 g/mol. The van der Waals surface area contributed by atoms with Gasteiger partial charge in [0.25, 0.3) is 0 Å². The van der Waals surface area contributed by atoms with Gasteiger partial charge in [-0.2, -0.15) is 0 Å². The van der Waals surface area contributed by atoms with Crippen molar-refractivity contribution in [1.29, 1.82) is 0 Å². The molecule has 3 heterocycles. The minimum atomic E-state index is -3.25. The molecule has 1 amide bonds. The van der Waals surface area contributed by atoms with Gasteiger partial charge < -0.3 is 19.2 Å². The maximum Gasteiger partial charge on any atom is 0.339 e. The Morgan fingerprint density at radius 1 is 1.34 bits per heavy atom. The molecule has 0 bridgehead atoms. The van der Waals surface area contributed by atoms with E-state index in [2.05, 4.69) is 5.32 Å². The number of carbonyl (C=O) groups excluding carboxylic acids is 1. The Bertz CT molecular complexity index is 1290. The number of benzene rings is 1. The second-order valence-corrected chi connectivity index (χ2v) is 10.9. The molecule has 2 aliphatic heterocycles. The van der Waals surface area contributed by atoms with Crippen molar-refractivity contribution in [1.82, 2.24) is 5.32 Å². The second-order valence-electron chi connectivity index (χ2n) is 8.95. The molecule has 1 N–H and O–H groups in total. The van der Waals surface area contributed by atoms with E-state index in [1.165, 1.54) is 6.08 Å². The van der Waals surface area contributed by atoms with Crippen molar-refractivity contribution in [3.8, 4) is 11.5 Å². The average molecular weight is 462 g/mol. The number of ether oxygens (including phenoxy) is 2. The van der Waals surface area contributed by atoms with E-state index in [-0.39, 0.29) is 30.1 Å². The number of amides is 1. The van der Waals surface area contributed by atoms with Crippen LogP contribution in [-0.2, 0) is 27.5 Å². The third-order valence-corrected chi connectivity index (χ3v) is 7.43. The number of methoxy groups -OCH3 is 1. The van der Waals surface area contributed by atoms with E-state index in [1.807, 2.05) is 26.8 Å². The number of fused-ring (bicyclic) bond motifs is 3. The summed E-state index contributed by atoms with van der Waals surface area (Å²) < 4.78 is 40.4. The number of nitrogens with one attached hydrogen (secondary N) is 1. The predicted octanol–water partition coefficient (Wildman–Crippen LogP) is 2.57. The minimum absolute atomic E-state index is 0.0338. The van der Waals surface area contributed by atoms with Crippen molar-refractivity contribution in [2.45, 2.75) is 58.1 Å². The summed E-state index contributed by atoms with van der Waals surface area (Å²) >= 11 is 0. The van der Waals surface area contributed by atoms with Crippen LogP contribution < -0.4 is 20.4 Å². The molecular formula is C23H27NO7S. The molecule has 0 aliphatic carbocycles. The first-order valence-corrected chi connectivity index (χ1v) is 12.3. The molecule has 9 heteroatoms. The number of hydrogen-bond acceptors (Lipinski definition) is 7. The Morgan fingerprint density at radius 3 is 2.75 bits per heavy atom. The molecule has 0 saturated heterocycles. The third-order valence-electron chi connectivity index (χ3n) is 6.04. The van der Waals surface area contributed by atoms with Crippen LogP contribution in [0.25, 0.3) is 11.0 Å². The Morgan fingerprint density at radius 2 is 2.09 bits per heavy atom. The molecule has 8 nitrogen and oxygen atoms in total. The highest BCUT2D eigenvalue weighted by atomic mass is 32.2. The van der Waals surface area contributed by atoms with Crippen molar-refractivity contribution in [2.75, 3.05) is 12.9 Å². The zero-order valence-electron chi connectivity index (χ0n) is 18.6. The molecule has 1 aromatic heterocycles. The van der Waals surface area contributed by atoms with Crippen LogP contribution in [0, 0.1) is 6.92 Å². The summed E-state index contributed by atoms with van der Waals surface area (Å²) in [5, 5.41) is 4.49. The normalized spacial score (nSPS) is 20.6. The maximum absolute atomic E-state index is 12.8. The van der Waals surface area contributed by atoms with Gasteiger partial charge >= 0.3 is 5.63 Å². The summed E-state index contributed by atoms with van der Waals surface area (Å²) in [7, 11) is -1.70. The van der Waals surface area contributed by atoms with Gasteiger partial charge in [-0.15, -0.1) is 0 Å². The molecule has 0 fully saturated rings. The van der Waals surface area contributed by atoms with E-state index in [4.69, 9.17) is 13.9 Å². The highest BCUT2D eigenvalue weighted by molar-refractivity contribution is 7.94. The van der Waals surface area contributed by atoms with E-state index >= 15 is 0 Å². The fourth-order valence-corrected chi connectivity index (χ4v) is 5.55. The van der Waals surface area contributed by atoms with E-state index in [9.17, 15) is 18.0 Å². The molecule has 0 saturated carbocycles. The van der Waals surface area contributed by atoms with Crippen LogP contribution in [0.15, 0.2) is 26.8 Å². The van der Waals surface area contributed by atoms with Gasteiger partial charge in [0.15, 0.2) is 9.84 Å². The highest BCUT2D eigenvalue weighted by Crippen LogP contribution is 2.43. The molecule has 2 aromatic rings. The number of sulfone groups is 1. The van der Waals surface area contributed by atoms with Gasteiger partial charge in [0.2, 0.25) is 5.91 Å². The van der Waals surface area contributed by atoms with Crippen LogP contribution in [0.3, 0.4) is 0 Å². The Labute approximate surface area is 186 Å². The van der Waals surface area contributed by atoms with Gasteiger partial charge in [-0.05, 0) is 51.7 Å². The Balaban J connectivity index is 1.63. The van der Waals surface area contributed by atoms with Crippen LogP contribution >= 0.6 is 0 Å². The maximum atomic E-state index is 12.8. The SMILES string of the molecule is COc1cc2c(c3oc(=O)c(CCC(=O)NC4C=CS(=O)(=O)C4)c(C)c13)CCC(C)(C)O2. The third kappa shape index (κ3) is 4.26. The molecule has 32 heavy (non-hydrogen) atoms. The molecule has 172 valence electrons. The van der Waals surface area contributed by atoms with Crippen LogP contribution in [0.5, 0.6) is 11.5 Å². The van der Waals surface area contributed by atoms with Crippen LogP contribution in [0.4, 0.5) is 0 Å². The number of carbonyl (C=O) groups is 1. The smallest absolute Gasteiger partial charge is 0.339 e. The zero-order chi connectivity index (χ0) is 23.3. The molecular weight excluding hydrogens is 434 g/mol. The van der Waals surface area contributed by atoms with Crippen LogP contribution in [0.2, 0.25) is 0 Å². The molecule has 1 aromatic carbocycles. The summed E-state index contributed by atoms with van der Waals surface area (Å²) in [5.74, 6) is 0.727. The topological polar surface area (TPSA) is 112 Å². The van der Waals surface area contributed by atoms with Crippen molar-refractivity contribution in [3.05, 3.63) is 44.7 Å². The fraction of sp³-hybridized carbons (Fsp3) is 0.478. The summed E-state index contributed by atoms with van der Waals surface area (Å²) in [6, 6.07) is 1.28. The zero-order valence-corrected chi connectivity index (χ0v) is 19.4. The number of hydrogen-bond donors (Lipinski definition) is 1. The average Bonchev–Trinajstić information content (AvgIpc) is 3.04. The Kier molecular flexibility index (Phi) is 5.56. The molecule has 1 atom stereocenters. The van der Waals surface area contributed by atoms with E-state index in [0.29, 0.717) is 40.0 Å². The molecule has 1 unspecified atom stereocenters. The lowest BCUT2D eigenvalue weighted by Crippen LogP contribution is -2.35. The lowest BCUT2D eigenvalue weighted by molar-refractivity contribution is -0.121. The summed E-state index contributed by atoms with van der Waals surface area (Å²) in [6.45, 7) is 5.85. The number of rotatable bonds is 5.